The lowest BCUT2D eigenvalue weighted by Gasteiger charge is -2.45. The highest BCUT2D eigenvalue weighted by Crippen LogP contribution is 2.32. The van der Waals surface area contributed by atoms with Crippen LogP contribution >= 0.6 is 11.3 Å². The second kappa shape index (κ2) is 6.87. The van der Waals surface area contributed by atoms with Gasteiger partial charge in [-0.1, -0.05) is 33.8 Å². The van der Waals surface area contributed by atoms with Gasteiger partial charge in [-0.25, -0.2) is 0 Å². The van der Waals surface area contributed by atoms with E-state index in [1.165, 1.54) is 24.3 Å². The van der Waals surface area contributed by atoms with Crippen LogP contribution in [0.1, 0.15) is 51.5 Å². The van der Waals surface area contributed by atoms with Gasteiger partial charge < -0.3 is 5.32 Å². The summed E-state index contributed by atoms with van der Waals surface area (Å²) >= 11 is 1.91. The number of hydrogen-bond donors (Lipinski definition) is 1. The molecule has 1 N–H and O–H groups in total. The zero-order valence-corrected chi connectivity index (χ0v) is 13.5. The van der Waals surface area contributed by atoms with Gasteiger partial charge in [0.15, 0.2) is 0 Å². The summed E-state index contributed by atoms with van der Waals surface area (Å²) in [4.78, 5) is 4.29. The normalized spacial score (nSPS) is 26.8. The van der Waals surface area contributed by atoms with Crippen LogP contribution in [-0.4, -0.2) is 30.1 Å². The molecular weight excluding hydrogens is 252 g/mol. The minimum absolute atomic E-state index is 0.605. The van der Waals surface area contributed by atoms with Gasteiger partial charge in [0.1, 0.15) is 0 Å². The third-order valence-corrected chi connectivity index (χ3v) is 5.40. The predicted molar refractivity (Wildman–Crippen MR) is 84.8 cm³/mol. The third-order valence-electron chi connectivity index (χ3n) is 4.43. The maximum absolute atomic E-state index is 3.74. The van der Waals surface area contributed by atoms with Crippen LogP contribution < -0.4 is 5.32 Å². The second-order valence-electron chi connectivity index (χ2n) is 5.96. The van der Waals surface area contributed by atoms with Crippen molar-refractivity contribution >= 4 is 11.3 Å². The Labute approximate surface area is 122 Å². The van der Waals surface area contributed by atoms with Gasteiger partial charge in [0.25, 0.3) is 0 Å². The largest absolute Gasteiger partial charge is 0.311 e. The highest BCUT2D eigenvalue weighted by molar-refractivity contribution is 7.10. The van der Waals surface area contributed by atoms with Crippen molar-refractivity contribution in [3.63, 3.8) is 0 Å². The summed E-state index contributed by atoms with van der Waals surface area (Å²) in [5, 5.41) is 5.94. The van der Waals surface area contributed by atoms with E-state index in [1.54, 1.807) is 0 Å². The van der Waals surface area contributed by atoms with E-state index in [-0.39, 0.29) is 0 Å². The number of nitrogens with one attached hydrogen (secondary N) is 1. The topological polar surface area (TPSA) is 15.3 Å². The Kier molecular flexibility index (Phi) is 5.43. The number of nitrogens with zero attached hydrogens (tertiary/aromatic N) is 1. The molecule has 3 atom stereocenters. The number of rotatable bonds is 5. The van der Waals surface area contributed by atoms with Gasteiger partial charge in [-0.15, -0.1) is 11.3 Å². The average Bonchev–Trinajstić information content (AvgIpc) is 2.93. The van der Waals surface area contributed by atoms with E-state index < -0.39 is 0 Å². The van der Waals surface area contributed by atoms with Crippen molar-refractivity contribution in [2.24, 2.45) is 5.92 Å². The molecule has 0 bridgehead atoms. The monoisotopic (exact) mass is 280 g/mol. The molecule has 2 nitrogen and oxygen atoms in total. The van der Waals surface area contributed by atoms with E-state index >= 15 is 0 Å². The van der Waals surface area contributed by atoms with Crippen molar-refractivity contribution in [2.45, 2.75) is 58.7 Å². The Hall–Kier alpha value is -0.380. The summed E-state index contributed by atoms with van der Waals surface area (Å²) in [6.45, 7) is 11.6. The van der Waals surface area contributed by atoms with Crippen LogP contribution in [0.15, 0.2) is 17.5 Å². The minimum atomic E-state index is 0.605. The lowest BCUT2D eigenvalue weighted by molar-refractivity contribution is 0.0657. The molecule has 1 aromatic rings. The molecule has 19 heavy (non-hydrogen) atoms. The third kappa shape index (κ3) is 3.39. The fourth-order valence-corrected chi connectivity index (χ4v) is 4.06. The molecule has 1 aromatic heterocycles. The summed E-state index contributed by atoms with van der Waals surface area (Å²) in [6.07, 6.45) is 2.45. The van der Waals surface area contributed by atoms with Gasteiger partial charge in [0, 0.05) is 36.1 Å². The van der Waals surface area contributed by atoms with Crippen LogP contribution in [0.3, 0.4) is 0 Å². The first-order valence-electron chi connectivity index (χ1n) is 7.69. The Balaban J connectivity index is 2.16. The van der Waals surface area contributed by atoms with Crippen LogP contribution in [0.4, 0.5) is 0 Å². The summed E-state index contributed by atoms with van der Waals surface area (Å²) in [6, 6.07) is 6.41. The zero-order valence-electron chi connectivity index (χ0n) is 12.7. The molecule has 3 unspecified atom stereocenters. The van der Waals surface area contributed by atoms with Crippen molar-refractivity contribution in [3.05, 3.63) is 22.4 Å². The molecule has 0 radical (unpaired) electrons. The number of thiophene rings is 1. The molecule has 3 heteroatoms. The number of hydrogen-bond acceptors (Lipinski definition) is 3. The second-order valence-corrected chi connectivity index (χ2v) is 6.94. The zero-order chi connectivity index (χ0) is 13.8. The summed E-state index contributed by atoms with van der Waals surface area (Å²) in [5.74, 6) is 0.709. The molecule has 1 saturated heterocycles. The molecule has 0 aliphatic carbocycles. The minimum Gasteiger partial charge on any atom is -0.311 e. The van der Waals surface area contributed by atoms with Gasteiger partial charge in [0.2, 0.25) is 0 Å². The molecule has 0 amide bonds. The van der Waals surface area contributed by atoms with Gasteiger partial charge in [-0.05, 0) is 30.2 Å². The molecule has 2 heterocycles. The van der Waals surface area contributed by atoms with Gasteiger partial charge in [-0.3, -0.25) is 4.90 Å². The van der Waals surface area contributed by atoms with Gasteiger partial charge in [0.05, 0.1) is 0 Å². The predicted octanol–water partition coefficient (Wildman–Crippen LogP) is 3.91. The average molecular weight is 280 g/mol. The van der Waals surface area contributed by atoms with Crippen molar-refractivity contribution < 1.29 is 0 Å². The molecular formula is C16H28N2S. The molecule has 0 saturated carbocycles. The standard InChI is InChI=1S/C16H28N2S/c1-5-13-10-17-14(12(3)4)11-18(13)15(6-2)16-8-7-9-19-16/h7-9,12-15,17H,5-6,10-11H2,1-4H3. The fourth-order valence-electron chi connectivity index (χ4n) is 3.13. The van der Waals surface area contributed by atoms with Crippen LogP contribution in [0.25, 0.3) is 0 Å². The Morgan fingerprint density at radius 3 is 2.74 bits per heavy atom. The van der Waals surface area contributed by atoms with E-state index in [9.17, 15) is 0 Å². The van der Waals surface area contributed by atoms with Crippen LogP contribution in [0.5, 0.6) is 0 Å². The molecule has 1 fully saturated rings. The van der Waals surface area contributed by atoms with Crippen LogP contribution in [-0.2, 0) is 0 Å². The lowest BCUT2D eigenvalue weighted by Crippen LogP contribution is -2.58. The molecule has 0 spiro atoms. The van der Waals surface area contributed by atoms with Crippen molar-refractivity contribution in [2.75, 3.05) is 13.1 Å². The number of piperazine rings is 1. The summed E-state index contributed by atoms with van der Waals surface area (Å²) in [5.41, 5.74) is 0. The highest BCUT2D eigenvalue weighted by Gasteiger charge is 2.33. The first kappa shape index (κ1) is 15.0. The van der Waals surface area contributed by atoms with E-state index in [0.29, 0.717) is 24.0 Å². The fraction of sp³-hybridized carbons (Fsp3) is 0.750. The van der Waals surface area contributed by atoms with E-state index in [2.05, 4.69) is 55.4 Å². The van der Waals surface area contributed by atoms with Crippen LogP contribution in [0, 0.1) is 5.92 Å². The first-order valence-corrected chi connectivity index (χ1v) is 8.57. The van der Waals surface area contributed by atoms with E-state index in [1.807, 2.05) is 11.3 Å². The van der Waals surface area contributed by atoms with Crippen molar-refractivity contribution in [1.82, 2.24) is 10.2 Å². The maximum Gasteiger partial charge on any atom is 0.0443 e. The van der Waals surface area contributed by atoms with Crippen molar-refractivity contribution in [3.8, 4) is 0 Å². The lowest BCUT2D eigenvalue weighted by atomic mass is 9.95. The van der Waals surface area contributed by atoms with Gasteiger partial charge >= 0.3 is 0 Å². The Morgan fingerprint density at radius 1 is 1.42 bits per heavy atom. The smallest absolute Gasteiger partial charge is 0.0443 e. The summed E-state index contributed by atoms with van der Waals surface area (Å²) in [7, 11) is 0. The SMILES string of the molecule is CCC1CNC(C(C)C)CN1C(CC)c1cccs1. The maximum atomic E-state index is 3.74. The molecule has 108 valence electrons. The van der Waals surface area contributed by atoms with E-state index in [0.717, 1.165) is 6.54 Å². The molecule has 1 aliphatic rings. The molecule has 2 rings (SSSR count). The summed E-state index contributed by atoms with van der Waals surface area (Å²) < 4.78 is 0. The Bertz CT molecular complexity index is 361. The van der Waals surface area contributed by atoms with E-state index in [4.69, 9.17) is 0 Å². The molecule has 0 aromatic carbocycles. The molecule has 1 aliphatic heterocycles. The van der Waals surface area contributed by atoms with Crippen LogP contribution in [0.2, 0.25) is 0 Å². The highest BCUT2D eigenvalue weighted by atomic mass is 32.1. The quantitative estimate of drug-likeness (QED) is 0.880. The van der Waals surface area contributed by atoms with Gasteiger partial charge in [-0.2, -0.15) is 0 Å². The first-order chi connectivity index (χ1) is 9.17. The van der Waals surface area contributed by atoms with Crippen molar-refractivity contribution in [1.29, 1.82) is 0 Å². The Morgan fingerprint density at radius 2 is 2.21 bits per heavy atom.